The van der Waals surface area contributed by atoms with Crippen molar-refractivity contribution < 1.29 is 5.11 Å². The molecule has 1 rings (SSSR count). The molecule has 17 heavy (non-hydrogen) atoms. The lowest BCUT2D eigenvalue weighted by Crippen LogP contribution is -2.45. The van der Waals surface area contributed by atoms with Gasteiger partial charge in [-0.2, -0.15) is 0 Å². The normalized spacial score (nSPS) is 11.6. The Balaban J connectivity index is 3.14. The van der Waals surface area contributed by atoms with E-state index in [4.69, 9.17) is 0 Å². The quantitative estimate of drug-likeness (QED) is 0.876. The van der Waals surface area contributed by atoms with E-state index in [0.29, 0.717) is 0 Å². The molecule has 1 aromatic carbocycles. The van der Waals surface area contributed by atoms with Gasteiger partial charge in [0, 0.05) is 23.8 Å². The molecule has 0 saturated carbocycles. The van der Waals surface area contributed by atoms with Crippen LogP contribution in [0, 0.1) is 0 Å². The van der Waals surface area contributed by atoms with E-state index >= 15 is 0 Å². The first-order valence-electron chi connectivity index (χ1n) is 5.70. The van der Waals surface area contributed by atoms with E-state index < -0.39 is 0 Å². The van der Waals surface area contributed by atoms with Crippen LogP contribution in [0.2, 0.25) is 0 Å². The molecule has 0 atom stereocenters. The summed E-state index contributed by atoms with van der Waals surface area (Å²) in [7, 11) is 3.94. The zero-order chi connectivity index (χ0) is 13.1. The fraction of sp³-hybridized carbons (Fsp3) is 0.538. The molecule has 0 radical (unpaired) electrons. The Morgan fingerprint density at radius 2 is 2.06 bits per heavy atom. The van der Waals surface area contributed by atoms with E-state index in [1.807, 2.05) is 34.0 Å². The van der Waals surface area contributed by atoms with Gasteiger partial charge in [-0.3, -0.25) is 0 Å². The Hall–Kier alpha value is -0.580. The van der Waals surface area contributed by atoms with Crippen LogP contribution >= 0.6 is 15.9 Å². The average Bonchev–Trinajstić information content (AvgIpc) is 2.30. The van der Waals surface area contributed by atoms with Crippen LogP contribution in [0.5, 0.6) is 0 Å². The van der Waals surface area contributed by atoms with Crippen molar-refractivity contribution in [3.8, 4) is 0 Å². The maximum absolute atomic E-state index is 9.45. The van der Waals surface area contributed by atoms with Crippen LogP contribution in [0.3, 0.4) is 0 Å². The zero-order valence-corrected chi connectivity index (χ0v) is 12.5. The van der Waals surface area contributed by atoms with Crippen LogP contribution in [0.1, 0.15) is 19.4 Å². The molecule has 0 aliphatic carbocycles. The van der Waals surface area contributed by atoms with Crippen LogP contribution in [0.15, 0.2) is 22.7 Å². The fourth-order valence-corrected chi connectivity index (χ4v) is 1.97. The molecule has 4 heteroatoms. The summed E-state index contributed by atoms with van der Waals surface area (Å²) in [4.78, 5) is 2.12. The molecular weight excluding hydrogens is 280 g/mol. The van der Waals surface area contributed by atoms with Crippen molar-refractivity contribution in [2.75, 3.05) is 25.6 Å². The maximum atomic E-state index is 9.45. The zero-order valence-electron chi connectivity index (χ0n) is 10.9. The van der Waals surface area contributed by atoms with Gasteiger partial charge in [0.1, 0.15) is 0 Å². The van der Waals surface area contributed by atoms with Gasteiger partial charge in [-0.25, -0.2) is 0 Å². The third-order valence-electron chi connectivity index (χ3n) is 3.07. The largest absolute Gasteiger partial charge is 0.394 e. The molecular formula is C13H21BrN2O. The van der Waals surface area contributed by atoms with E-state index in [2.05, 4.69) is 38.3 Å². The number of nitrogens with zero attached hydrogens (tertiary/aromatic N) is 1. The van der Waals surface area contributed by atoms with Crippen molar-refractivity contribution in [3.63, 3.8) is 0 Å². The summed E-state index contributed by atoms with van der Waals surface area (Å²) in [6.45, 7) is 4.98. The Morgan fingerprint density at radius 3 is 2.59 bits per heavy atom. The second-order valence-corrected chi connectivity index (χ2v) is 5.75. The van der Waals surface area contributed by atoms with Gasteiger partial charge in [0.05, 0.1) is 12.1 Å². The highest BCUT2D eigenvalue weighted by molar-refractivity contribution is 9.10. The van der Waals surface area contributed by atoms with Crippen LogP contribution in [0.4, 0.5) is 5.69 Å². The van der Waals surface area contributed by atoms with Gasteiger partial charge in [0.2, 0.25) is 0 Å². The summed E-state index contributed by atoms with van der Waals surface area (Å²) in [5.41, 5.74) is 2.08. The molecule has 0 amide bonds. The molecule has 96 valence electrons. The standard InChI is InChI=1S/C13H21BrN2O/c1-13(2,9-17)16(4)12-7-11(14)6-5-10(12)8-15-3/h5-7,15,17H,8-9H2,1-4H3. The number of nitrogens with one attached hydrogen (secondary N) is 1. The summed E-state index contributed by atoms with van der Waals surface area (Å²) in [6.07, 6.45) is 0. The molecule has 0 heterocycles. The summed E-state index contributed by atoms with van der Waals surface area (Å²) < 4.78 is 1.05. The molecule has 0 aliphatic heterocycles. The van der Waals surface area contributed by atoms with Crippen LogP contribution in [0.25, 0.3) is 0 Å². The van der Waals surface area contributed by atoms with E-state index in [1.165, 1.54) is 5.56 Å². The second-order valence-electron chi connectivity index (χ2n) is 4.83. The van der Waals surface area contributed by atoms with Crippen molar-refractivity contribution in [1.29, 1.82) is 0 Å². The van der Waals surface area contributed by atoms with E-state index in [-0.39, 0.29) is 12.1 Å². The molecule has 0 aliphatic rings. The summed E-state index contributed by atoms with van der Waals surface area (Å²) >= 11 is 3.49. The first-order chi connectivity index (χ1) is 7.92. The fourth-order valence-electron chi connectivity index (χ4n) is 1.62. The Labute approximate surface area is 112 Å². The summed E-state index contributed by atoms with van der Waals surface area (Å²) in [6, 6.07) is 6.22. The monoisotopic (exact) mass is 300 g/mol. The molecule has 0 saturated heterocycles. The maximum Gasteiger partial charge on any atom is 0.0658 e. The van der Waals surface area contributed by atoms with Gasteiger partial charge in [0.25, 0.3) is 0 Å². The van der Waals surface area contributed by atoms with Crippen molar-refractivity contribution in [3.05, 3.63) is 28.2 Å². The Kier molecular flexibility index (Phi) is 4.98. The van der Waals surface area contributed by atoms with E-state index in [1.54, 1.807) is 0 Å². The van der Waals surface area contributed by atoms with Crippen molar-refractivity contribution in [1.82, 2.24) is 5.32 Å². The number of likely N-dealkylation sites (N-methyl/N-ethyl adjacent to an activating group) is 1. The van der Waals surface area contributed by atoms with Crippen molar-refractivity contribution in [2.45, 2.75) is 25.9 Å². The topological polar surface area (TPSA) is 35.5 Å². The average molecular weight is 301 g/mol. The lowest BCUT2D eigenvalue weighted by Gasteiger charge is -2.37. The lowest BCUT2D eigenvalue weighted by atomic mass is 10.0. The molecule has 1 aromatic rings. The highest BCUT2D eigenvalue weighted by Crippen LogP contribution is 2.29. The SMILES string of the molecule is CNCc1ccc(Br)cc1N(C)C(C)(C)CO. The highest BCUT2D eigenvalue weighted by atomic mass is 79.9. The van der Waals surface area contributed by atoms with Gasteiger partial charge in [-0.05, 0) is 38.6 Å². The third kappa shape index (κ3) is 3.44. The summed E-state index contributed by atoms with van der Waals surface area (Å²) in [5.74, 6) is 0. The van der Waals surface area contributed by atoms with Gasteiger partial charge in [-0.15, -0.1) is 0 Å². The Bertz CT molecular complexity index is 380. The minimum atomic E-state index is -0.275. The number of anilines is 1. The molecule has 0 bridgehead atoms. The smallest absolute Gasteiger partial charge is 0.0658 e. The van der Waals surface area contributed by atoms with Crippen molar-refractivity contribution >= 4 is 21.6 Å². The summed E-state index contributed by atoms with van der Waals surface area (Å²) in [5, 5.41) is 12.6. The van der Waals surface area contributed by atoms with Crippen LogP contribution < -0.4 is 10.2 Å². The predicted octanol–water partition coefficient (Wildman–Crippen LogP) is 2.38. The number of aliphatic hydroxyl groups is 1. The first kappa shape index (κ1) is 14.5. The molecule has 3 nitrogen and oxygen atoms in total. The molecule has 0 aromatic heterocycles. The van der Waals surface area contributed by atoms with E-state index in [0.717, 1.165) is 16.7 Å². The van der Waals surface area contributed by atoms with Gasteiger partial charge >= 0.3 is 0 Å². The number of halogens is 1. The number of hydrogen-bond donors (Lipinski definition) is 2. The Morgan fingerprint density at radius 1 is 1.41 bits per heavy atom. The minimum Gasteiger partial charge on any atom is -0.394 e. The van der Waals surface area contributed by atoms with Crippen molar-refractivity contribution in [2.24, 2.45) is 0 Å². The third-order valence-corrected chi connectivity index (χ3v) is 3.56. The second kappa shape index (κ2) is 5.85. The van der Waals surface area contributed by atoms with Gasteiger partial charge in [0.15, 0.2) is 0 Å². The highest BCUT2D eigenvalue weighted by Gasteiger charge is 2.24. The number of hydrogen-bond acceptors (Lipinski definition) is 3. The number of rotatable bonds is 5. The molecule has 0 spiro atoms. The van der Waals surface area contributed by atoms with E-state index in [9.17, 15) is 5.11 Å². The molecule has 0 fully saturated rings. The van der Waals surface area contributed by atoms with Crippen LogP contribution in [-0.4, -0.2) is 31.3 Å². The first-order valence-corrected chi connectivity index (χ1v) is 6.49. The lowest BCUT2D eigenvalue weighted by molar-refractivity contribution is 0.216. The number of benzene rings is 1. The van der Waals surface area contributed by atoms with Crippen LogP contribution in [-0.2, 0) is 6.54 Å². The molecule has 2 N–H and O–H groups in total. The predicted molar refractivity (Wildman–Crippen MR) is 76.5 cm³/mol. The van der Waals surface area contributed by atoms with Gasteiger partial charge in [-0.1, -0.05) is 22.0 Å². The molecule has 0 unspecified atom stereocenters. The number of aliphatic hydroxyl groups excluding tert-OH is 1. The van der Waals surface area contributed by atoms with Gasteiger partial charge < -0.3 is 15.3 Å². The minimum absolute atomic E-state index is 0.120.